The molecule has 2 aromatic carbocycles. The van der Waals surface area contributed by atoms with Gasteiger partial charge in [0.05, 0.1) is 13.2 Å². The minimum Gasteiger partial charge on any atom is -0.394 e. The average Bonchev–Trinajstić information content (AvgIpc) is 3.45. The summed E-state index contributed by atoms with van der Waals surface area (Å²) in [7, 11) is 0. The Morgan fingerprint density at radius 2 is 1.97 bits per heavy atom. The van der Waals surface area contributed by atoms with Gasteiger partial charge < -0.3 is 5.11 Å². The molecule has 1 aliphatic heterocycles. The molecule has 2 heterocycles. The van der Waals surface area contributed by atoms with Crippen molar-refractivity contribution in [2.45, 2.75) is 31.7 Å². The molecule has 1 amide bonds. The number of carbonyl (C=O) groups excluding carboxylic acids is 1. The summed E-state index contributed by atoms with van der Waals surface area (Å²) in [6, 6.07) is 16.1. The molecule has 1 aliphatic rings. The van der Waals surface area contributed by atoms with E-state index in [4.69, 9.17) is 0 Å². The molecule has 1 fully saturated rings. The Morgan fingerprint density at radius 3 is 2.65 bits per heavy atom. The van der Waals surface area contributed by atoms with E-state index < -0.39 is 0 Å². The van der Waals surface area contributed by atoms with Gasteiger partial charge in [-0.2, -0.15) is 10.2 Å². The van der Waals surface area contributed by atoms with Crippen LogP contribution in [0, 0.1) is 0 Å². The van der Waals surface area contributed by atoms with Crippen LogP contribution in [0.4, 0.5) is 0 Å². The predicted octanol–water partition coefficient (Wildman–Crippen LogP) is 2.59. The third kappa shape index (κ3) is 4.98. The molecule has 1 atom stereocenters. The van der Waals surface area contributed by atoms with Crippen LogP contribution in [0.2, 0.25) is 0 Å². The predicted molar refractivity (Wildman–Crippen MR) is 120 cm³/mol. The molecule has 0 bridgehead atoms. The summed E-state index contributed by atoms with van der Waals surface area (Å²) in [5.41, 5.74) is 7.19. The smallest absolute Gasteiger partial charge is 0.248 e. The van der Waals surface area contributed by atoms with Crippen LogP contribution in [-0.4, -0.2) is 53.8 Å². The number of hydrogen-bond acceptors (Lipinski definition) is 7. The molecule has 1 aromatic heterocycles. The number of aliphatic hydroxyl groups excluding tert-OH is 1. The number of amides is 1. The van der Waals surface area contributed by atoms with E-state index >= 15 is 0 Å². The van der Waals surface area contributed by atoms with Gasteiger partial charge in [-0.3, -0.25) is 9.80 Å². The number of nitrogens with zero attached hydrogens (tertiary/aromatic N) is 5. The maximum Gasteiger partial charge on any atom is 0.248 e. The lowest BCUT2D eigenvalue weighted by Gasteiger charge is -2.19. The summed E-state index contributed by atoms with van der Waals surface area (Å²) in [5, 5.41) is 26.0. The number of amidine groups is 1. The Hall–Kier alpha value is -3.08. The summed E-state index contributed by atoms with van der Waals surface area (Å²) in [5.74, 6) is 0.398. The van der Waals surface area contributed by atoms with E-state index in [0.717, 1.165) is 28.7 Å². The Morgan fingerprint density at radius 1 is 1.19 bits per heavy atom. The van der Waals surface area contributed by atoms with Crippen LogP contribution in [0.3, 0.4) is 0 Å². The van der Waals surface area contributed by atoms with E-state index in [2.05, 4.69) is 31.0 Å². The Balaban J connectivity index is 1.53. The molecule has 4 rings (SSSR count). The number of aliphatic imine (C=N–C) groups is 1. The number of H-pyrrole nitrogens is 1. The number of aliphatic hydroxyl groups is 1. The van der Waals surface area contributed by atoms with Gasteiger partial charge in [-0.05, 0) is 28.3 Å². The number of tetrazole rings is 1. The standard InChI is InChI=1S/C21H23N7O2S/c1-2-5-18(30)22-21-28(25-19(13-29)31-21)12-14-8-10-15(11-9-14)16-6-3-4-7-17(16)20-23-26-27-24-20/h3-4,6-11,19,25,29H,2,5,12-13H2,1H3,(H,23,24,26,27). The fraction of sp³-hybridized carbons (Fsp3) is 0.286. The van der Waals surface area contributed by atoms with Crippen LogP contribution in [-0.2, 0) is 11.3 Å². The molecule has 160 valence electrons. The highest BCUT2D eigenvalue weighted by Gasteiger charge is 2.28. The normalized spacial score (nSPS) is 17.4. The maximum atomic E-state index is 12.0. The number of aromatic nitrogens is 4. The van der Waals surface area contributed by atoms with Crippen molar-refractivity contribution in [1.82, 2.24) is 31.1 Å². The topological polar surface area (TPSA) is 119 Å². The second kappa shape index (κ2) is 9.82. The number of thioether (sulfide) groups is 1. The molecule has 10 heteroatoms. The van der Waals surface area contributed by atoms with Crippen molar-refractivity contribution >= 4 is 22.8 Å². The molecule has 0 spiro atoms. The van der Waals surface area contributed by atoms with E-state index in [0.29, 0.717) is 24.0 Å². The van der Waals surface area contributed by atoms with E-state index in [1.54, 1.807) is 0 Å². The molecule has 3 aromatic rings. The van der Waals surface area contributed by atoms with E-state index in [1.807, 2.05) is 60.5 Å². The highest BCUT2D eigenvalue weighted by molar-refractivity contribution is 8.14. The Kier molecular flexibility index (Phi) is 6.70. The fourth-order valence-corrected chi connectivity index (χ4v) is 4.19. The molecule has 0 aliphatic carbocycles. The van der Waals surface area contributed by atoms with Crippen molar-refractivity contribution in [3.63, 3.8) is 0 Å². The van der Waals surface area contributed by atoms with E-state index in [9.17, 15) is 9.90 Å². The first kappa shape index (κ1) is 21.2. The van der Waals surface area contributed by atoms with Crippen LogP contribution in [0.25, 0.3) is 22.5 Å². The Bertz CT molecular complexity index is 1050. The molecule has 3 N–H and O–H groups in total. The van der Waals surface area contributed by atoms with Crippen LogP contribution >= 0.6 is 11.8 Å². The first-order valence-electron chi connectivity index (χ1n) is 10.0. The van der Waals surface area contributed by atoms with Crippen molar-refractivity contribution < 1.29 is 9.90 Å². The van der Waals surface area contributed by atoms with Crippen molar-refractivity contribution in [3.05, 3.63) is 54.1 Å². The van der Waals surface area contributed by atoms with Crippen LogP contribution < -0.4 is 5.43 Å². The third-order valence-corrected chi connectivity index (χ3v) is 5.81. The van der Waals surface area contributed by atoms with Crippen LogP contribution in [0.1, 0.15) is 25.3 Å². The first-order chi connectivity index (χ1) is 15.2. The SMILES string of the molecule is CCCC(=O)N=C1SC(CO)NN1Cc1ccc(-c2ccccc2-c2nn[nH]n2)cc1. The van der Waals surface area contributed by atoms with Gasteiger partial charge in [0, 0.05) is 12.0 Å². The monoisotopic (exact) mass is 437 g/mol. The van der Waals surface area contributed by atoms with Gasteiger partial charge in [0.15, 0.2) is 5.17 Å². The zero-order valence-corrected chi connectivity index (χ0v) is 17.8. The van der Waals surface area contributed by atoms with Gasteiger partial charge in [0.1, 0.15) is 5.37 Å². The summed E-state index contributed by atoms with van der Waals surface area (Å²) in [6.07, 6.45) is 1.17. The van der Waals surface area contributed by atoms with Crippen LogP contribution in [0.15, 0.2) is 53.5 Å². The molecule has 0 saturated carbocycles. The van der Waals surface area contributed by atoms with E-state index in [1.165, 1.54) is 11.8 Å². The summed E-state index contributed by atoms with van der Waals surface area (Å²) < 4.78 is 0. The number of hydrogen-bond donors (Lipinski definition) is 3. The average molecular weight is 438 g/mol. The van der Waals surface area contributed by atoms with Gasteiger partial charge >= 0.3 is 0 Å². The Labute approximate surface area is 183 Å². The van der Waals surface area contributed by atoms with Gasteiger partial charge in [-0.1, -0.05) is 67.2 Å². The van der Waals surface area contributed by atoms with Crippen molar-refractivity contribution in [1.29, 1.82) is 0 Å². The molecular formula is C21H23N7O2S. The lowest BCUT2D eigenvalue weighted by atomic mass is 9.98. The second-order valence-electron chi connectivity index (χ2n) is 7.02. The van der Waals surface area contributed by atoms with Gasteiger partial charge in [0.2, 0.25) is 11.7 Å². The first-order valence-corrected chi connectivity index (χ1v) is 10.9. The highest BCUT2D eigenvalue weighted by Crippen LogP contribution is 2.30. The van der Waals surface area contributed by atoms with Crippen molar-refractivity contribution in [2.24, 2.45) is 4.99 Å². The van der Waals surface area contributed by atoms with Gasteiger partial charge in [0.25, 0.3) is 0 Å². The number of nitrogens with one attached hydrogen (secondary N) is 2. The molecule has 9 nitrogen and oxygen atoms in total. The molecule has 1 saturated heterocycles. The number of carbonyl (C=O) groups is 1. The number of aromatic amines is 1. The fourth-order valence-electron chi connectivity index (χ4n) is 3.28. The summed E-state index contributed by atoms with van der Waals surface area (Å²) in [6.45, 7) is 2.42. The largest absolute Gasteiger partial charge is 0.394 e. The van der Waals surface area contributed by atoms with Crippen LogP contribution in [0.5, 0.6) is 0 Å². The maximum absolute atomic E-state index is 12.0. The number of benzene rings is 2. The lowest BCUT2D eigenvalue weighted by molar-refractivity contribution is -0.117. The van der Waals surface area contributed by atoms with E-state index in [-0.39, 0.29) is 17.9 Å². The highest BCUT2D eigenvalue weighted by atomic mass is 32.2. The molecule has 31 heavy (non-hydrogen) atoms. The summed E-state index contributed by atoms with van der Waals surface area (Å²) in [4.78, 5) is 16.2. The van der Waals surface area contributed by atoms with Crippen molar-refractivity contribution in [3.8, 4) is 22.5 Å². The molecule has 0 radical (unpaired) electrons. The number of hydrazine groups is 1. The lowest BCUT2D eigenvalue weighted by Crippen LogP contribution is -2.38. The van der Waals surface area contributed by atoms with Gasteiger partial charge in [-0.15, -0.1) is 10.2 Å². The zero-order chi connectivity index (χ0) is 21.6. The van der Waals surface area contributed by atoms with Gasteiger partial charge in [-0.25, -0.2) is 5.43 Å². The summed E-state index contributed by atoms with van der Waals surface area (Å²) >= 11 is 1.36. The molecule has 1 unspecified atom stereocenters. The minimum atomic E-state index is -0.214. The minimum absolute atomic E-state index is 0.0477. The molecular weight excluding hydrogens is 414 g/mol. The van der Waals surface area contributed by atoms with Crippen molar-refractivity contribution in [2.75, 3.05) is 6.61 Å². The zero-order valence-electron chi connectivity index (χ0n) is 17.0. The quantitative estimate of drug-likeness (QED) is 0.516. The number of rotatable bonds is 7. The third-order valence-electron chi connectivity index (χ3n) is 4.75. The second-order valence-corrected chi connectivity index (χ2v) is 8.19.